The Labute approximate surface area is 197 Å². The second-order valence-corrected chi connectivity index (χ2v) is 8.21. The molecule has 5 rings (SSSR count). The lowest BCUT2D eigenvalue weighted by atomic mass is 10.1. The van der Waals surface area contributed by atoms with E-state index in [0.717, 1.165) is 30.6 Å². The summed E-state index contributed by atoms with van der Waals surface area (Å²) in [7, 11) is 3.22. The minimum Gasteiger partial charge on any atom is -0.493 e. The Morgan fingerprint density at radius 2 is 1.91 bits per heavy atom. The lowest BCUT2D eigenvalue weighted by Gasteiger charge is -2.13. The zero-order valence-corrected chi connectivity index (χ0v) is 19.3. The standard InChI is InChI=1S/C25H28N6O3/c1-32-19-11-10-17(13-20(19)33-2)22-21-23(26)31(15-16-7-4-3-5-8-16)30-24(21)29-25(28-22)27-14-18-9-6-12-34-18/h3-5,7-8,10-11,13,18H,6,9,12,14-15,26H2,1-2H3,(H,27,29,30). The van der Waals surface area contributed by atoms with Crippen LogP contribution in [0.5, 0.6) is 11.5 Å². The zero-order valence-electron chi connectivity index (χ0n) is 19.3. The first-order valence-corrected chi connectivity index (χ1v) is 11.3. The van der Waals surface area contributed by atoms with Crippen LogP contribution in [0.2, 0.25) is 0 Å². The first-order chi connectivity index (χ1) is 16.7. The molecule has 9 heteroatoms. The summed E-state index contributed by atoms with van der Waals surface area (Å²) in [6, 6.07) is 15.7. The molecular formula is C25H28N6O3. The number of rotatable bonds is 8. The van der Waals surface area contributed by atoms with Crippen LogP contribution >= 0.6 is 0 Å². The Hall–Kier alpha value is -3.85. The van der Waals surface area contributed by atoms with E-state index in [4.69, 9.17) is 30.0 Å². The highest BCUT2D eigenvalue weighted by Gasteiger charge is 2.21. The van der Waals surface area contributed by atoms with Crippen molar-refractivity contribution in [2.75, 3.05) is 38.4 Å². The van der Waals surface area contributed by atoms with Gasteiger partial charge in [0.15, 0.2) is 17.1 Å². The van der Waals surface area contributed by atoms with Gasteiger partial charge in [0.25, 0.3) is 0 Å². The Balaban J connectivity index is 1.59. The van der Waals surface area contributed by atoms with Crippen molar-refractivity contribution < 1.29 is 14.2 Å². The predicted octanol–water partition coefficient (Wildman–Crippen LogP) is 3.73. The number of methoxy groups -OCH3 is 2. The normalized spacial score (nSPS) is 15.5. The topological polar surface area (TPSA) is 109 Å². The summed E-state index contributed by atoms with van der Waals surface area (Å²) in [6.07, 6.45) is 2.25. The molecule has 0 radical (unpaired) electrons. The first-order valence-electron chi connectivity index (χ1n) is 11.3. The molecule has 0 amide bonds. The van der Waals surface area contributed by atoms with Crippen LogP contribution in [0.4, 0.5) is 11.8 Å². The summed E-state index contributed by atoms with van der Waals surface area (Å²) in [5.41, 5.74) is 9.73. The fraction of sp³-hybridized carbons (Fsp3) is 0.320. The number of benzene rings is 2. The lowest BCUT2D eigenvalue weighted by molar-refractivity contribution is 0.120. The Morgan fingerprint density at radius 3 is 2.65 bits per heavy atom. The molecular weight excluding hydrogens is 432 g/mol. The van der Waals surface area contributed by atoms with Crippen LogP contribution in [-0.4, -0.2) is 53.2 Å². The number of nitrogens with one attached hydrogen (secondary N) is 1. The van der Waals surface area contributed by atoms with Crippen LogP contribution in [0.3, 0.4) is 0 Å². The number of anilines is 2. The second kappa shape index (κ2) is 9.56. The van der Waals surface area contributed by atoms with Crippen molar-refractivity contribution in [1.29, 1.82) is 0 Å². The molecule has 2 aromatic heterocycles. The minimum atomic E-state index is 0.157. The maximum atomic E-state index is 6.60. The molecule has 0 spiro atoms. The van der Waals surface area contributed by atoms with Crippen LogP contribution in [0, 0.1) is 0 Å². The summed E-state index contributed by atoms with van der Waals surface area (Å²) in [4.78, 5) is 9.51. The Bertz CT molecular complexity index is 1290. The molecule has 1 unspecified atom stereocenters. The summed E-state index contributed by atoms with van der Waals surface area (Å²) in [5, 5.41) is 8.75. The number of fused-ring (bicyclic) bond motifs is 1. The van der Waals surface area contributed by atoms with Crippen molar-refractivity contribution in [3.8, 4) is 22.8 Å². The van der Waals surface area contributed by atoms with Gasteiger partial charge in [0, 0.05) is 18.7 Å². The number of ether oxygens (including phenoxy) is 3. The molecule has 1 fully saturated rings. The van der Waals surface area contributed by atoms with Gasteiger partial charge in [0.05, 0.1) is 37.9 Å². The van der Waals surface area contributed by atoms with E-state index in [9.17, 15) is 0 Å². The van der Waals surface area contributed by atoms with Gasteiger partial charge >= 0.3 is 0 Å². The molecule has 1 saturated heterocycles. The van der Waals surface area contributed by atoms with Gasteiger partial charge in [0.1, 0.15) is 5.82 Å². The summed E-state index contributed by atoms with van der Waals surface area (Å²) in [6.45, 7) is 1.97. The number of aromatic nitrogens is 4. The molecule has 34 heavy (non-hydrogen) atoms. The molecule has 9 nitrogen and oxygen atoms in total. The molecule has 3 heterocycles. The lowest BCUT2D eigenvalue weighted by Crippen LogP contribution is -2.19. The number of nitrogen functional groups attached to an aromatic ring is 1. The number of nitrogens with zero attached hydrogens (tertiary/aromatic N) is 4. The molecule has 2 aromatic carbocycles. The van der Waals surface area contributed by atoms with Gasteiger partial charge in [0.2, 0.25) is 5.95 Å². The molecule has 0 aliphatic carbocycles. The van der Waals surface area contributed by atoms with Crippen LogP contribution in [0.25, 0.3) is 22.3 Å². The Morgan fingerprint density at radius 1 is 1.09 bits per heavy atom. The third-order valence-electron chi connectivity index (χ3n) is 5.98. The van der Waals surface area contributed by atoms with E-state index < -0.39 is 0 Å². The molecule has 0 bridgehead atoms. The summed E-state index contributed by atoms with van der Waals surface area (Å²) in [5.74, 6) is 2.24. The highest BCUT2D eigenvalue weighted by Crippen LogP contribution is 2.36. The highest BCUT2D eigenvalue weighted by atomic mass is 16.5. The van der Waals surface area contributed by atoms with Crippen molar-refractivity contribution >= 4 is 22.8 Å². The predicted molar refractivity (Wildman–Crippen MR) is 131 cm³/mol. The van der Waals surface area contributed by atoms with E-state index in [2.05, 4.69) is 10.3 Å². The van der Waals surface area contributed by atoms with Crippen molar-refractivity contribution in [3.63, 3.8) is 0 Å². The molecule has 3 N–H and O–H groups in total. The molecule has 176 valence electrons. The summed E-state index contributed by atoms with van der Waals surface area (Å²) >= 11 is 0. The maximum Gasteiger partial charge on any atom is 0.225 e. The fourth-order valence-electron chi connectivity index (χ4n) is 4.21. The average molecular weight is 461 g/mol. The van der Waals surface area contributed by atoms with E-state index in [1.807, 2.05) is 48.5 Å². The van der Waals surface area contributed by atoms with E-state index in [-0.39, 0.29) is 6.10 Å². The largest absolute Gasteiger partial charge is 0.493 e. The third kappa shape index (κ3) is 4.34. The van der Waals surface area contributed by atoms with Crippen molar-refractivity contribution in [1.82, 2.24) is 19.7 Å². The summed E-state index contributed by atoms with van der Waals surface area (Å²) < 4.78 is 18.4. The maximum absolute atomic E-state index is 6.60. The van der Waals surface area contributed by atoms with Crippen molar-refractivity contribution in [2.24, 2.45) is 0 Å². The molecule has 0 saturated carbocycles. The first kappa shape index (κ1) is 22.0. The molecule has 1 aliphatic rings. The SMILES string of the molecule is COc1ccc(-c2nc(NCC3CCCO3)nc3nn(Cc4ccccc4)c(N)c23)cc1OC. The van der Waals surface area contributed by atoms with Crippen LogP contribution in [0.15, 0.2) is 48.5 Å². The van der Waals surface area contributed by atoms with E-state index in [0.29, 0.717) is 53.1 Å². The van der Waals surface area contributed by atoms with Crippen molar-refractivity contribution in [2.45, 2.75) is 25.5 Å². The van der Waals surface area contributed by atoms with E-state index in [1.54, 1.807) is 18.9 Å². The van der Waals surface area contributed by atoms with Crippen LogP contribution in [-0.2, 0) is 11.3 Å². The van der Waals surface area contributed by atoms with Gasteiger partial charge in [-0.3, -0.25) is 0 Å². The quantitative estimate of drug-likeness (QED) is 0.409. The van der Waals surface area contributed by atoms with Gasteiger partial charge in [-0.05, 0) is 36.6 Å². The monoisotopic (exact) mass is 460 g/mol. The minimum absolute atomic E-state index is 0.157. The van der Waals surface area contributed by atoms with Gasteiger partial charge < -0.3 is 25.3 Å². The number of hydrogen-bond donors (Lipinski definition) is 2. The van der Waals surface area contributed by atoms with Gasteiger partial charge in [-0.25, -0.2) is 9.67 Å². The van der Waals surface area contributed by atoms with Gasteiger partial charge in [-0.1, -0.05) is 30.3 Å². The smallest absolute Gasteiger partial charge is 0.225 e. The molecule has 1 atom stereocenters. The Kier molecular flexibility index (Phi) is 6.18. The zero-order chi connectivity index (χ0) is 23.5. The number of nitrogens with two attached hydrogens (primary N) is 1. The number of hydrogen-bond acceptors (Lipinski definition) is 8. The molecule has 4 aromatic rings. The second-order valence-electron chi connectivity index (χ2n) is 8.21. The van der Waals surface area contributed by atoms with Crippen molar-refractivity contribution in [3.05, 3.63) is 54.1 Å². The average Bonchev–Trinajstić information content (AvgIpc) is 3.50. The molecule has 1 aliphatic heterocycles. The van der Waals surface area contributed by atoms with Gasteiger partial charge in [-0.15, -0.1) is 5.10 Å². The highest BCUT2D eigenvalue weighted by molar-refractivity contribution is 5.99. The fourth-order valence-corrected chi connectivity index (χ4v) is 4.21. The van der Waals surface area contributed by atoms with E-state index >= 15 is 0 Å². The third-order valence-corrected chi connectivity index (χ3v) is 5.98. The van der Waals surface area contributed by atoms with E-state index in [1.165, 1.54) is 0 Å². The van der Waals surface area contributed by atoms with Crippen LogP contribution in [0.1, 0.15) is 18.4 Å². The van der Waals surface area contributed by atoms with Crippen LogP contribution < -0.4 is 20.5 Å². The van der Waals surface area contributed by atoms with Gasteiger partial charge in [-0.2, -0.15) is 4.98 Å².